The van der Waals surface area contributed by atoms with Crippen molar-refractivity contribution in [2.75, 3.05) is 5.32 Å². The molecular weight excluding hydrogens is 260 g/mol. The summed E-state index contributed by atoms with van der Waals surface area (Å²) in [5, 5.41) is 17.7. The molecule has 0 spiro atoms. The average molecular weight is 274 g/mol. The number of amides is 2. The van der Waals surface area contributed by atoms with E-state index in [-0.39, 0.29) is 12.6 Å². The number of hydrogen-bond donors (Lipinski definition) is 3. The Balaban J connectivity index is 1.82. The van der Waals surface area contributed by atoms with Crippen molar-refractivity contribution in [1.82, 2.24) is 15.1 Å². The fourth-order valence-corrected chi connectivity index (χ4v) is 1.61. The van der Waals surface area contributed by atoms with Gasteiger partial charge in [-0.15, -0.1) is 0 Å². The second-order valence-electron chi connectivity index (χ2n) is 4.11. The minimum atomic E-state index is -0.992. The van der Waals surface area contributed by atoms with Gasteiger partial charge < -0.3 is 15.7 Å². The van der Waals surface area contributed by atoms with Gasteiger partial charge in [0.2, 0.25) is 0 Å². The minimum absolute atomic E-state index is 0.243. The van der Waals surface area contributed by atoms with Gasteiger partial charge in [-0.25, -0.2) is 4.79 Å². The summed E-state index contributed by atoms with van der Waals surface area (Å²) >= 11 is 0. The first-order valence-electron chi connectivity index (χ1n) is 5.96. The highest BCUT2D eigenvalue weighted by molar-refractivity contribution is 5.88. The molecule has 1 aromatic carbocycles. The maximum Gasteiger partial charge on any atom is 0.325 e. The second-order valence-corrected chi connectivity index (χ2v) is 4.11. The average Bonchev–Trinajstić information content (AvgIpc) is 2.84. The molecule has 0 aliphatic rings. The van der Waals surface area contributed by atoms with Crippen LogP contribution in [0.4, 0.5) is 10.5 Å². The lowest BCUT2D eigenvalue weighted by molar-refractivity contribution is -0.137. The SMILES string of the molecule is O=C(O)Cn1cc(NC(=O)NCc2ccccc2)cn1. The van der Waals surface area contributed by atoms with Gasteiger partial charge in [-0.3, -0.25) is 9.48 Å². The predicted molar refractivity (Wildman–Crippen MR) is 72.2 cm³/mol. The Morgan fingerprint density at radius 2 is 2.00 bits per heavy atom. The zero-order chi connectivity index (χ0) is 14.4. The van der Waals surface area contributed by atoms with Crippen LogP contribution in [0.1, 0.15) is 5.56 Å². The van der Waals surface area contributed by atoms with Gasteiger partial charge in [0.15, 0.2) is 0 Å². The van der Waals surface area contributed by atoms with Crippen LogP contribution in [-0.4, -0.2) is 26.9 Å². The van der Waals surface area contributed by atoms with Gasteiger partial charge in [0.05, 0.1) is 11.9 Å². The Morgan fingerprint density at radius 1 is 1.25 bits per heavy atom. The predicted octanol–water partition coefficient (Wildman–Crippen LogP) is 1.29. The van der Waals surface area contributed by atoms with E-state index < -0.39 is 5.97 Å². The van der Waals surface area contributed by atoms with Crippen molar-refractivity contribution in [3.05, 3.63) is 48.3 Å². The van der Waals surface area contributed by atoms with Gasteiger partial charge in [0.25, 0.3) is 0 Å². The van der Waals surface area contributed by atoms with Gasteiger partial charge in [-0.05, 0) is 5.56 Å². The highest BCUT2D eigenvalue weighted by atomic mass is 16.4. The summed E-state index contributed by atoms with van der Waals surface area (Å²) in [6.07, 6.45) is 2.85. The van der Waals surface area contributed by atoms with E-state index in [0.29, 0.717) is 12.2 Å². The summed E-state index contributed by atoms with van der Waals surface area (Å²) in [7, 11) is 0. The summed E-state index contributed by atoms with van der Waals surface area (Å²) in [5.74, 6) is -0.992. The number of aromatic nitrogens is 2. The van der Waals surface area contributed by atoms with Crippen molar-refractivity contribution in [2.24, 2.45) is 0 Å². The molecule has 2 rings (SSSR count). The Bertz CT molecular complexity index is 595. The maximum absolute atomic E-state index is 11.6. The molecule has 0 unspecified atom stereocenters. The number of aliphatic carboxylic acids is 1. The first-order valence-corrected chi connectivity index (χ1v) is 5.96. The van der Waals surface area contributed by atoms with E-state index in [1.165, 1.54) is 17.1 Å². The molecular formula is C13H14N4O3. The number of nitrogens with one attached hydrogen (secondary N) is 2. The number of rotatable bonds is 5. The Morgan fingerprint density at radius 3 is 2.70 bits per heavy atom. The molecule has 0 saturated heterocycles. The fourth-order valence-electron chi connectivity index (χ4n) is 1.61. The summed E-state index contributed by atoms with van der Waals surface area (Å²) < 4.78 is 1.23. The number of benzene rings is 1. The molecule has 0 aliphatic heterocycles. The zero-order valence-corrected chi connectivity index (χ0v) is 10.6. The van der Waals surface area contributed by atoms with E-state index in [4.69, 9.17) is 5.11 Å². The minimum Gasteiger partial charge on any atom is -0.480 e. The number of carboxylic acids is 1. The monoisotopic (exact) mass is 274 g/mol. The van der Waals surface area contributed by atoms with Crippen LogP contribution < -0.4 is 10.6 Å². The van der Waals surface area contributed by atoms with Crippen LogP contribution in [0.5, 0.6) is 0 Å². The number of carbonyl (C=O) groups excluding carboxylic acids is 1. The molecule has 1 heterocycles. The third kappa shape index (κ3) is 4.13. The number of nitrogens with zero attached hydrogens (tertiary/aromatic N) is 2. The molecule has 0 fully saturated rings. The standard InChI is InChI=1S/C13H14N4O3/c18-12(19)9-17-8-11(7-15-17)16-13(20)14-6-10-4-2-1-3-5-10/h1-5,7-8H,6,9H2,(H,18,19)(H2,14,16,20). The van der Waals surface area contributed by atoms with Gasteiger partial charge in [-0.2, -0.15) is 5.10 Å². The van der Waals surface area contributed by atoms with E-state index in [2.05, 4.69) is 15.7 Å². The molecule has 20 heavy (non-hydrogen) atoms. The first-order chi connectivity index (χ1) is 9.63. The molecule has 7 heteroatoms. The van der Waals surface area contributed by atoms with Crippen LogP contribution in [0, 0.1) is 0 Å². The molecule has 7 nitrogen and oxygen atoms in total. The van der Waals surface area contributed by atoms with Crippen molar-refractivity contribution in [3.63, 3.8) is 0 Å². The lowest BCUT2D eigenvalue weighted by Gasteiger charge is -2.05. The molecule has 0 radical (unpaired) electrons. The maximum atomic E-state index is 11.6. The number of anilines is 1. The molecule has 2 amide bonds. The number of carbonyl (C=O) groups is 2. The lowest BCUT2D eigenvalue weighted by atomic mass is 10.2. The van der Waals surface area contributed by atoms with Crippen molar-refractivity contribution in [2.45, 2.75) is 13.1 Å². The van der Waals surface area contributed by atoms with Crippen LogP contribution in [0.2, 0.25) is 0 Å². The molecule has 0 aliphatic carbocycles. The van der Waals surface area contributed by atoms with Crippen LogP contribution in [0.3, 0.4) is 0 Å². The first kappa shape index (κ1) is 13.6. The third-order valence-corrected chi connectivity index (χ3v) is 2.48. The van der Waals surface area contributed by atoms with Gasteiger partial charge >= 0.3 is 12.0 Å². The van der Waals surface area contributed by atoms with Crippen molar-refractivity contribution in [1.29, 1.82) is 0 Å². The van der Waals surface area contributed by atoms with Crippen molar-refractivity contribution in [3.8, 4) is 0 Å². The number of carboxylic acid groups (broad SMARTS) is 1. The quantitative estimate of drug-likeness (QED) is 0.765. The number of urea groups is 1. The summed E-state index contributed by atoms with van der Waals surface area (Å²) in [4.78, 5) is 22.1. The Kier molecular flexibility index (Phi) is 4.33. The highest BCUT2D eigenvalue weighted by Gasteiger charge is 2.05. The Hall–Kier alpha value is -2.83. The molecule has 0 bridgehead atoms. The van der Waals surface area contributed by atoms with Crippen molar-refractivity contribution >= 4 is 17.7 Å². The highest BCUT2D eigenvalue weighted by Crippen LogP contribution is 2.04. The van der Waals surface area contributed by atoms with Crippen molar-refractivity contribution < 1.29 is 14.7 Å². The van der Waals surface area contributed by atoms with E-state index in [9.17, 15) is 9.59 Å². The third-order valence-electron chi connectivity index (χ3n) is 2.48. The molecule has 1 aromatic heterocycles. The molecule has 2 aromatic rings. The van der Waals surface area contributed by atoms with Crippen LogP contribution in [0.25, 0.3) is 0 Å². The lowest BCUT2D eigenvalue weighted by Crippen LogP contribution is -2.27. The van der Waals surface area contributed by atoms with Crippen LogP contribution >= 0.6 is 0 Å². The topological polar surface area (TPSA) is 96.2 Å². The van der Waals surface area contributed by atoms with Crippen LogP contribution in [-0.2, 0) is 17.9 Å². The summed E-state index contributed by atoms with van der Waals surface area (Å²) in [6.45, 7) is 0.170. The van der Waals surface area contributed by atoms with Gasteiger partial charge in [0.1, 0.15) is 6.54 Å². The van der Waals surface area contributed by atoms with E-state index >= 15 is 0 Å². The normalized spacial score (nSPS) is 10.0. The van der Waals surface area contributed by atoms with Crippen LogP contribution in [0.15, 0.2) is 42.7 Å². The number of hydrogen-bond acceptors (Lipinski definition) is 3. The van der Waals surface area contributed by atoms with E-state index in [0.717, 1.165) is 5.56 Å². The molecule has 104 valence electrons. The smallest absolute Gasteiger partial charge is 0.325 e. The van der Waals surface area contributed by atoms with E-state index in [1.807, 2.05) is 30.3 Å². The molecule has 3 N–H and O–H groups in total. The second kappa shape index (κ2) is 6.37. The Labute approximate surface area is 115 Å². The van der Waals surface area contributed by atoms with Gasteiger partial charge in [0, 0.05) is 12.7 Å². The van der Waals surface area contributed by atoms with Gasteiger partial charge in [-0.1, -0.05) is 30.3 Å². The fraction of sp³-hybridized carbons (Fsp3) is 0.154. The largest absolute Gasteiger partial charge is 0.480 e. The summed E-state index contributed by atoms with van der Waals surface area (Å²) in [5.41, 5.74) is 1.43. The molecule has 0 atom stereocenters. The zero-order valence-electron chi connectivity index (χ0n) is 10.6. The van der Waals surface area contributed by atoms with E-state index in [1.54, 1.807) is 0 Å². The summed E-state index contributed by atoms with van der Waals surface area (Å²) in [6, 6.07) is 9.13. The molecule has 0 saturated carbocycles.